The topological polar surface area (TPSA) is 248 Å². The number of anilines is 6. The molecule has 80 heavy (non-hydrogen) atoms. The zero-order chi connectivity index (χ0) is 56.7. The van der Waals surface area contributed by atoms with Crippen molar-refractivity contribution in [2.75, 3.05) is 58.1 Å². The van der Waals surface area contributed by atoms with Gasteiger partial charge < -0.3 is 44.5 Å². The number of piperazine rings is 1. The fourth-order valence-corrected chi connectivity index (χ4v) is 14.3. The molecule has 21 nitrogen and oxygen atoms in total. The van der Waals surface area contributed by atoms with Crippen LogP contribution >= 0.6 is 7.82 Å². The molecule has 1 saturated carbocycles. The molecular formula is C58H70N11O10P. The lowest BCUT2D eigenvalue weighted by Crippen LogP contribution is -2.58. The summed E-state index contributed by atoms with van der Waals surface area (Å²) in [6.45, 7) is 17.5. The van der Waals surface area contributed by atoms with Crippen LogP contribution in [0.3, 0.4) is 0 Å². The van der Waals surface area contributed by atoms with Gasteiger partial charge in [-0.15, -0.1) is 0 Å². The Morgan fingerprint density at radius 2 is 1.64 bits per heavy atom. The highest BCUT2D eigenvalue weighted by Crippen LogP contribution is 2.48. The highest BCUT2D eigenvalue weighted by Gasteiger charge is 2.47. The number of phosphoric ester groups is 1. The third-order valence-corrected chi connectivity index (χ3v) is 18.1. The smallest absolute Gasteiger partial charge is 0.392 e. The van der Waals surface area contributed by atoms with E-state index in [1.807, 2.05) is 30.3 Å². The van der Waals surface area contributed by atoms with E-state index in [0.717, 1.165) is 50.1 Å². The summed E-state index contributed by atoms with van der Waals surface area (Å²) in [5.41, 5.74) is 6.33. The molecule has 22 heteroatoms. The SMILES string of the molecule is C=CC(=O)Nc1cc(Nc2nc(-c3ccnc(N4CCn5c(cc6c5CC(C)(C)C6)C4=O)c3CO)cn(C)c2=O)ccc1N1CCN(C2CCN(c3cccc4c3C(=O)N(C3CCC(C)(OP(=O)(O)O)CC3)C4=O)[C@@H](C)C2)C[C@@H]1C. The van der Waals surface area contributed by atoms with E-state index in [1.165, 1.54) is 26.8 Å². The van der Waals surface area contributed by atoms with Gasteiger partial charge in [0, 0.05) is 105 Å². The fourth-order valence-electron chi connectivity index (χ4n) is 13.5. The van der Waals surface area contributed by atoms with Crippen molar-refractivity contribution >= 4 is 65.8 Å². The number of pyridine rings is 1. The highest BCUT2D eigenvalue weighted by atomic mass is 31.2. The Labute approximate surface area is 464 Å². The number of phosphoric acid groups is 1. The van der Waals surface area contributed by atoms with E-state index in [0.29, 0.717) is 103 Å². The number of nitrogens with zero attached hydrogens (tertiary/aromatic N) is 9. The van der Waals surface area contributed by atoms with E-state index in [4.69, 9.17) is 9.51 Å². The number of nitrogens with one attached hydrogen (secondary N) is 2. The van der Waals surface area contributed by atoms with Crippen molar-refractivity contribution in [3.8, 4) is 11.3 Å². The van der Waals surface area contributed by atoms with Gasteiger partial charge in [0.2, 0.25) is 5.91 Å². The van der Waals surface area contributed by atoms with E-state index >= 15 is 0 Å². The monoisotopic (exact) mass is 1110 g/mol. The molecular weight excluding hydrogens is 1040 g/mol. The maximum atomic E-state index is 14.2. The zero-order valence-electron chi connectivity index (χ0n) is 46.1. The number of hydrogen-bond donors (Lipinski definition) is 5. The van der Waals surface area contributed by atoms with E-state index < -0.39 is 37.5 Å². The fraction of sp³-hybridized carbons (Fsp3) is 0.466. The molecule has 6 aliphatic rings. The van der Waals surface area contributed by atoms with Gasteiger partial charge in [-0.1, -0.05) is 26.5 Å². The van der Waals surface area contributed by atoms with Crippen LogP contribution in [0, 0.1) is 5.41 Å². The first-order valence-electron chi connectivity index (χ1n) is 27.6. The lowest BCUT2D eigenvalue weighted by molar-refractivity contribution is -0.111. The van der Waals surface area contributed by atoms with Crippen molar-refractivity contribution in [3.05, 3.63) is 118 Å². The van der Waals surface area contributed by atoms with Crippen molar-refractivity contribution in [1.82, 2.24) is 28.9 Å². The number of amides is 4. The minimum Gasteiger partial charge on any atom is -0.392 e. The van der Waals surface area contributed by atoms with Crippen LogP contribution in [0.25, 0.3) is 11.3 Å². The minimum absolute atomic E-state index is 0.00860. The molecule has 2 saturated heterocycles. The Morgan fingerprint density at radius 3 is 2.35 bits per heavy atom. The van der Waals surface area contributed by atoms with Crippen LogP contribution in [0.1, 0.15) is 121 Å². The Morgan fingerprint density at radius 1 is 0.875 bits per heavy atom. The number of imide groups is 1. The number of carbonyl (C=O) groups excluding carboxylic acids is 4. The first-order chi connectivity index (χ1) is 38.0. The van der Waals surface area contributed by atoms with Crippen molar-refractivity contribution in [2.45, 2.75) is 129 Å². The summed E-state index contributed by atoms with van der Waals surface area (Å²) >= 11 is 0. The molecule has 0 radical (unpaired) electrons. The predicted molar refractivity (Wildman–Crippen MR) is 303 cm³/mol. The van der Waals surface area contributed by atoms with Gasteiger partial charge in [0.15, 0.2) is 5.82 Å². The largest absolute Gasteiger partial charge is 0.470 e. The summed E-state index contributed by atoms with van der Waals surface area (Å²) in [7, 11) is -3.10. The Kier molecular flexibility index (Phi) is 14.3. The van der Waals surface area contributed by atoms with E-state index in [9.17, 15) is 43.4 Å². The molecule has 5 aromatic rings. The minimum atomic E-state index is -4.72. The summed E-state index contributed by atoms with van der Waals surface area (Å²) in [6, 6.07) is 14.6. The van der Waals surface area contributed by atoms with E-state index in [2.05, 4.69) is 69.2 Å². The normalized spacial score (nSPS) is 24.0. The Bertz CT molecular complexity index is 3470. The number of fused-ring (bicyclic) bond motifs is 4. The number of rotatable bonds is 13. The lowest BCUT2D eigenvalue weighted by Gasteiger charge is -2.48. The summed E-state index contributed by atoms with van der Waals surface area (Å²) < 4.78 is 20.3. The lowest BCUT2D eigenvalue weighted by atomic mass is 9.83. The summed E-state index contributed by atoms with van der Waals surface area (Å²) in [6.07, 6.45) is 9.19. The van der Waals surface area contributed by atoms with E-state index in [1.54, 1.807) is 49.5 Å². The van der Waals surface area contributed by atoms with Gasteiger partial charge >= 0.3 is 7.82 Å². The van der Waals surface area contributed by atoms with Gasteiger partial charge in [0.05, 0.1) is 46.1 Å². The number of carbonyl (C=O) groups is 4. The molecule has 4 amide bonds. The molecule has 1 unspecified atom stereocenters. The standard InChI is InChI=1S/C58H70N11O10P/c1-8-49(71)61-43-28-37(60-51-56(75)63(7)32-44(62-51)40-16-20-59-52(42(40)33-70)68-25-24-67-47(54(68)73)27-36-29-57(4,5)30-48(36)67)12-13-45(43)66-23-22-64(31-35(66)3)39-17-21-65(34(2)26-39)46-11-9-10-41-50(46)55(74)69(53(41)72)38-14-18-58(6,19-15-38)79-80(76,77)78/h8-13,16,20,27-28,32,34-35,38-39,70H,1,14-15,17-19,21-26,29-31,33H2,2-7H3,(H,60,62)(H,61,71)(H2,76,77,78)/t34-,35-,38?,39?,58?/m0/s1. The second kappa shape index (κ2) is 20.8. The van der Waals surface area contributed by atoms with Crippen LogP contribution in [-0.2, 0) is 46.9 Å². The quantitative estimate of drug-likeness (QED) is 0.0464. The maximum absolute atomic E-state index is 14.2. The van der Waals surface area contributed by atoms with Crippen LogP contribution in [0.4, 0.5) is 34.4 Å². The molecule has 3 fully saturated rings. The van der Waals surface area contributed by atoms with Crippen molar-refractivity contribution in [2.24, 2.45) is 12.5 Å². The third kappa shape index (κ3) is 10.2. The number of piperidine rings is 1. The summed E-state index contributed by atoms with van der Waals surface area (Å²) in [5.74, 6) is -0.924. The molecule has 422 valence electrons. The Balaban J connectivity index is 0.767. The van der Waals surface area contributed by atoms with Crippen LogP contribution < -0.4 is 30.9 Å². The second-order valence-corrected chi connectivity index (χ2v) is 24.8. The molecule has 0 spiro atoms. The molecule has 2 aromatic carbocycles. The maximum Gasteiger partial charge on any atom is 0.470 e. The molecule has 0 bridgehead atoms. The van der Waals surface area contributed by atoms with Crippen molar-refractivity contribution < 1.29 is 43.2 Å². The number of hydrogen-bond acceptors (Lipinski definition) is 14. The molecule has 11 rings (SSSR count). The molecule has 5 N–H and O–H groups in total. The number of aromatic nitrogens is 4. The van der Waals surface area contributed by atoms with Crippen LogP contribution in [0.5, 0.6) is 0 Å². The zero-order valence-corrected chi connectivity index (χ0v) is 47.0. The van der Waals surface area contributed by atoms with Crippen LogP contribution in [0.15, 0.2) is 78.4 Å². The molecule has 4 aliphatic heterocycles. The molecule has 7 heterocycles. The number of aliphatic hydroxyl groups excluding tert-OH is 1. The summed E-state index contributed by atoms with van der Waals surface area (Å²) in [5, 5.41) is 17.1. The highest BCUT2D eigenvalue weighted by molar-refractivity contribution is 7.46. The second-order valence-electron chi connectivity index (χ2n) is 23.6. The van der Waals surface area contributed by atoms with Gasteiger partial charge in [0.1, 0.15) is 11.5 Å². The van der Waals surface area contributed by atoms with Crippen molar-refractivity contribution in [3.63, 3.8) is 0 Å². The first-order valence-corrected chi connectivity index (χ1v) is 29.2. The molecule has 3 atom stereocenters. The van der Waals surface area contributed by atoms with Crippen molar-refractivity contribution in [1.29, 1.82) is 0 Å². The van der Waals surface area contributed by atoms with E-state index in [-0.39, 0.29) is 47.1 Å². The average molecular weight is 1110 g/mol. The number of benzene rings is 2. The first kappa shape index (κ1) is 54.9. The molecule has 2 aliphatic carbocycles. The third-order valence-electron chi connectivity index (χ3n) is 17.4. The summed E-state index contributed by atoms with van der Waals surface area (Å²) in [4.78, 5) is 107. The molecule has 3 aromatic heterocycles. The van der Waals surface area contributed by atoms with Gasteiger partial charge in [-0.05, 0) is 132 Å². The number of aliphatic hydroxyl groups is 1. The average Bonchev–Trinajstić information content (AvgIpc) is 4.04. The number of aryl methyl sites for hydroxylation is 1. The van der Waals surface area contributed by atoms with Gasteiger partial charge in [0.25, 0.3) is 23.3 Å². The van der Waals surface area contributed by atoms with Gasteiger partial charge in [-0.3, -0.25) is 43.2 Å². The predicted octanol–water partition coefficient (Wildman–Crippen LogP) is 6.76. The Hall–Kier alpha value is -7.00. The van der Waals surface area contributed by atoms with Gasteiger partial charge in [-0.2, -0.15) is 0 Å². The van der Waals surface area contributed by atoms with Crippen LogP contribution in [0.2, 0.25) is 0 Å². The van der Waals surface area contributed by atoms with Crippen LogP contribution in [-0.4, -0.2) is 130 Å². The van der Waals surface area contributed by atoms with Gasteiger partial charge in [-0.25, -0.2) is 14.5 Å².